The van der Waals surface area contributed by atoms with Crippen molar-refractivity contribution in [1.82, 2.24) is 0 Å². The van der Waals surface area contributed by atoms with Crippen LogP contribution in [0.2, 0.25) is 0 Å². The topological polar surface area (TPSA) is 66.8 Å². The van der Waals surface area contributed by atoms with E-state index in [0.29, 0.717) is 12.8 Å². The van der Waals surface area contributed by atoms with Crippen molar-refractivity contribution in [2.75, 3.05) is 0 Å². The fourth-order valence-electron chi connectivity index (χ4n) is 0.892. The number of hydrogen-bond acceptors (Lipinski definition) is 2. The summed E-state index contributed by atoms with van der Waals surface area (Å²) in [6, 6.07) is 0. The van der Waals surface area contributed by atoms with E-state index in [1.165, 1.54) is 0 Å². The number of hydrogen-bond donors (Lipinski definition) is 2. The zero-order valence-corrected chi connectivity index (χ0v) is 10.4. The highest BCUT2D eigenvalue weighted by molar-refractivity contribution is 7.46. The predicted molar refractivity (Wildman–Crippen MR) is 60.5 cm³/mol. The molecule has 2 N–H and O–H groups in total. The molecule has 0 aliphatic heterocycles. The Morgan fingerprint density at radius 2 is 2.00 bits per heavy atom. The van der Waals surface area contributed by atoms with Gasteiger partial charge in [0, 0.05) is 6.42 Å². The van der Waals surface area contributed by atoms with E-state index in [1.54, 1.807) is 6.08 Å². The lowest BCUT2D eigenvalue weighted by Gasteiger charge is -2.10. The van der Waals surface area contributed by atoms with Crippen LogP contribution in [0.5, 0.6) is 0 Å². The molecule has 0 rings (SSSR count). The predicted octanol–water partition coefficient (Wildman–Crippen LogP) is 3.49. The second kappa shape index (κ2) is 7.31. The third-order valence-electron chi connectivity index (χ3n) is 1.50. The number of rotatable bonds is 7. The van der Waals surface area contributed by atoms with E-state index in [-0.39, 0.29) is 10.3 Å². The molecule has 0 heterocycles. The number of unbranched alkanes of at least 4 members (excludes halogenated alkanes) is 2. The Hall–Kier alpha value is 0.01000. The maximum Gasteiger partial charge on any atom is 0.524 e. The molecule has 0 spiro atoms. The number of phosphoric ester groups is 1. The van der Waals surface area contributed by atoms with Gasteiger partial charge in [0.1, 0.15) is 10.3 Å². The van der Waals surface area contributed by atoms with E-state index in [9.17, 15) is 4.57 Å². The fourth-order valence-corrected chi connectivity index (χ4v) is 1.74. The molecule has 0 aromatic rings. The Bertz CT molecular complexity index is 280. The molecule has 0 aromatic heterocycles. The SMILES string of the molecule is C=CCCCCC(OP(=O)(O)O)=C(Cl)Cl. The van der Waals surface area contributed by atoms with Gasteiger partial charge >= 0.3 is 7.82 Å². The summed E-state index contributed by atoms with van der Waals surface area (Å²) in [6.45, 7) is 3.55. The summed E-state index contributed by atoms with van der Waals surface area (Å²) >= 11 is 10.8. The van der Waals surface area contributed by atoms with Crippen molar-refractivity contribution in [3.8, 4) is 0 Å². The summed E-state index contributed by atoms with van der Waals surface area (Å²) in [5.41, 5.74) is 0. The number of halogens is 2. The molecule has 0 saturated carbocycles. The Labute approximate surface area is 98.8 Å². The Morgan fingerprint density at radius 3 is 2.40 bits per heavy atom. The standard InChI is InChI=1S/C8H13Cl2O4P/c1-2-3-4-5-6-7(8(9)10)14-15(11,12)13/h2H,1,3-6H2,(H2,11,12,13). The largest absolute Gasteiger partial charge is 0.524 e. The molecule has 0 saturated heterocycles. The average molecular weight is 275 g/mol. The molecule has 0 aromatic carbocycles. The minimum Gasteiger partial charge on any atom is -0.406 e. The van der Waals surface area contributed by atoms with Crippen molar-refractivity contribution in [1.29, 1.82) is 0 Å². The van der Waals surface area contributed by atoms with Crippen molar-refractivity contribution in [2.45, 2.75) is 25.7 Å². The minimum absolute atomic E-state index is 0.0734. The van der Waals surface area contributed by atoms with Gasteiger partial charge in [0.25, 0.3) is 0 Å². The Morgan fingerprint density at radius 1 is 1.40 bits per heavy atom. The molecule has 0 radical (unpaired) electrons. The molecule has 15 heavy (non-hydrogen) atoms. The molecular weight excluding hydrogens is 262 g/mol. The highest BCUT2D eigenvalue weighted by Crippen LogP contribution is 2.42. The lowest BCUT2D eigenvalue weighted by atomic mass is 10.2. The fraction of sp³-hybridized carbons (Fsp3) is 0.500. The second-order valence-electron chi connectivity index (χ2n) is 2.80. The average Bonchev–Trinajstić information content (AvgIpc) is 2.08. The van der Waals surface area contributed by atoms with Gasteiger partial charge in [0.05, 0.1) is 0 Å². The van der Waals surface area contributed by atoms with Crippen LogP contribution >= 0.6 is 31.0 Å². The van der Waals surface area contributed by atoms with Gasteiger partial charge in [-0.25, -0.2) is 4.57 Å². The molecule has 4 nitrogen and oxygen atoms in total. The molecule has 0 aliphatic rings. The summed E-state index contributed by atoms with van der Waals surface area (Å²) in [7, 11) is -4.58. The lowest BCUT2D eigenvalue weighted by molar-refractivity contribution is 0.235. The molecule has 0 atom stereocenters. The Kier molecular flexibility index (Phi) is 7.32. The molecule has 0 aliphatic carbocycles. The van der Waals surface area contributed by atoms with Gasteiger partial charge in [-0.05, 0) is 19.3 Å². The quantitative estimate of drug-likeness (QED) is 0.323. The van der Waals surface area contributed by atoms with Gasteiger partial charge in [-0.2, -0.15) is 0 Å². The first-order chi connectivity index (χ1) is 6.87. The van der Waals surface area contributed by atoms with Crippen molar-refractivity contribution < 1.29 is 18.9 Å². The molecule has 7 heteroatoms. The van der Waals surface area contributed by atoms with Crippen LogP contribution in [0.15, 0.2) is 22.9 Å². The summed E-state index contributed by atoms with van der Waals surface area (Å²) in [6.07, 6.45) is 4.38. The van der Waals surface area contributed by atoms with Crippen LogP contribution in [0.3, 0.4) is 0 Å². The Balaban J connectivity index is 4.15. The van der Waals surface area contributed by atoms with Crippen LogP contribution in [-0.2, 0) is 9.09 Å². The van der Waals surface area contributed by atoms with Crippen LogP contribution in [0.4, 0.5) is 0 Å². The first-order valence-electron chi connectivity index (χ1n) is 4.27. The summed E-state index contributed by atoms with van der Waals surface area (Å²) in [5, 5.41) is 0. The maximum atomic E-state index is 10.5. The summed E-state index contributed by atoms with van der Waals surface area (Å²) in [4.78, 5) is 17.1. The van der Waals surface area contributed by atoms with E-state index in [1.807, 2.05) is 0 Å². The monoisotopic (exact) mass is 274 g/mol. The minimum atomic E-state index is -4.58. The van der Waals surface area contributed by atoms with Crippen molar-refractivity contribution in [3.63, 3.8) is 0 Å². The van der Waals surface area contributed by atoms with E-state index in [0.717, 1.165) is 12.8 Å². The van der Waals surface area contributed by atoms with Gasteiger partial charge in [-0.3, -0.25) is 9.79 Å². The van der Waals surface area contributed by atoms with E-state index in [2.05, 4.69) is 11.1 Å². The third kappa shape index (κ3) is 8.97. The van der Waals surface area contributed by atoms with Crippen LogP contribution in [0.25, 0.3) is 0 Å². The lowest BCUT2D eigenvalue weighted by Crippen LogP contribution is -1.92. The third-order valence-corrected chi connectivity index (χ3v) is 2.38. The summed E-state index contributed by atoms with van der Waals surface area (Å²) in [5.74, 6) is -0.0734. The first-order valence-corrected chi connectivity index (χ1v) is 6.55. The number of allylic oxidation sites excluding steroid dienone is 2. The van der Waals surface area contributed by atoms with Gasteiger partial charge in [-0.1, -0.05) is 29.3 Å². The molecule has 88 valence electrons. The number of phosphoric acid groups is 1. The van der Waals surface area contributed by atoms with Crippen molar-refractivity contribution >= 4 is 31.0 Å². The zero-order chi connectivity index (χ0) is 11.9. The van der Waals surface area contributed by atoms with Gasteiger partial charge < -0.3 is 4.52 Å². The van der Waals surface area contributed by atoms with Gasteiger partial charge in [0.15, 0.2) is 0 Å². The summed E-state index contributed by atoms with van der Waals surface area (Å²) < 4.78 is 14.6. The normalized spacial score (nSPS) is 10.9. The van der Waals surface area contributed by atoms with Crippen LogP contribution < -0.4 is 0 Å². The molecule has 0 fully saturated rings. The maximum absolute atomic E-state index is 10.5. The second-order valence-corrected chi connectivity index (χ2v) is 4.91. The van der Waals surface area contributed by atoms with Gasteiger partial charge in [0.2, 0.25) is 0 Å². The smallest absolute Gasteiger partial charge is 0.406 e. The van der Waals surface area contributed by atoms with Gasteiger partial charge in [-0.15, -0.1) is 6.58 Å². The van der Waals surface area contributed by atoms with Crippen LogP contribution in [0.1, 0.15) is 25.7 Å². The first kappa shape index (κ1) is 15.0. The molecule has 0 bridgehead atoms. The molecule has 0 amide bonds. The van der Waals surface area contributed by atoms with E-state index < -0.39 is 7.82 Å². The van der Waals surface area contributed by atoms with Crippen molar-refractivity contribution in [2.24, 2.45) is 0 Å². The molecule has 0 unspecified atom stereocenters. The van der Waals surface area contributed by atoms with Crippen LogP contribution in [-0.4, -0.2) is 9.79 Å². The van der Waals surface area contributed by atoms with Crippen molar-refractivity contribution in [3.05, 3.63) is 22.9 Å². The zero-order valence-electron chi connectivity index (χ0n) is 8.03. The highest BCUT2D eigenvalue weighted by Gasteiger charge is 2.19. The van der Waals surface area contributed by atoms with E-state index in [4.69, 9.17) is 33.0 Å². The highest BCUT2D eigenvalue weighted by atomic mass is 35.5. The van der Waals surface area contributed by atoms with E-state index >= 15 is 0 Å². The van der Waals surface area contributed by atoms with Crippen LogP contribution in [0, 0.1) is 0 Å². The molecular formula is C8H13Cl2O4P.